The van der Waals surface area contributed by atoms with Crippen LogP contribution in [-0.4, -0.2) is 22.2 Å². The standard InChI is InChI=1S/C22H20N4O2S/c1-13(21(28)24-17-11-9-16(10-12-17)23-14(2)27)29-22-25-18-7-3-5-15-6-4-8-19(26-22)20(15)18/h3-13H,1-2H3,(H,23,27)(H,24,28)(H,25,26)/t13-/m0/s1. The second-order valence-electron chi connectivity index (χ2n) is 6.73. The van der Waals surface area contributed by atoms with Gasteiger partial charge >= 0.3 is 0 Å². The molecule has 0 fully saturated rings. The van der Waals surface area contributed by atoms with E-state index in [0.29, 0.717) is 16.5 Å². The number of aliphatic imine (C=N–C) groups is 1. The van der Waals surface area contributed by atoms with Crippen molar-refractivity contribution in [2.45, 2.75) is 19.1 Å². The molecule has 3 N–H and O–H groups in total. The van der Waals surface area contributed by atoms with Crippen LogP contribution >= 0.6 is 11.8 Å². The summed E-state index contributed by atoms with van der Waals surface area (Å²) in [6.45, 7) is 3.30. The minimum Gasteiger partial charge on any atom is -0.334 e. The van der Waals surface area contributed by atoms with Crippen molar-refractivity contribution in [3.8, 4) is 0 Å². The van der Waals surface area contributed by atoms with Crippen LogP contribution in [0.4, 0.5) is 22.7 Å². The minimum absolute atomic E-state index is 0.121. The second kappa shape index (κ2) is 7.97. The van der Waals surface area contributed by atoms with Gasteiger partial charge in [0.15, 0.2) is 5.17 Å². The Kier molecular flexibility index (Phi) is 5.22. The molecule has 4 rings (SSSR count). The van der Waals surface area contributed by atoms with Crippen molar-refractivity contribution in [2.75, 3.05) is 16.0 Å². The SMILES string of the molecule is CC(=O)Nc1ccc(NC(=O)[C@H](C)SC2=Nc3cccc4cccc(c34)N2)cc1. The van der Waals surface area contributed by atoms with Crippen molar-refractivity contribution in [3.05, 3.63) is 60.7 Å². The van der Waals surface area contributed by atoms with Crippen molar-refractivity contribution < 1.29 is 9.59 Å². The lowest BCUT2D eigenvalue weighted by atomic mass is 10.1. The molecular formula is C22H20N4O2S. The number of hydrogen-bond acceptors (Lipinski definition) is 5. The Morgan fingerprint density at radius 2 is 1.62 bits per heavy atom. The molecule has 6 nitrogen and oxygen atoms in total. The minimum atomic E-state index is -0.347. The predicted octanol–water partition coefficient (Wildman–Crippen LogP) is 4.97. The number of amides is 2. The highest BCUT2D eigenvalue weighted by molar-refractivity contribution is 8.15. The molecule has 1 heterocycles. The van der Waals surface area contributed by atoms with Gasteiger partial charge in [-0.1, -0.05) is 36.0 Å². The zero-order chi connectivity index (χ0) is 20.4. The van der Waals surface area contributed by atoms with Gasteiger partial charge in [-0.25, -0.2) is 4.99 Å². The Morgan fingerprint density at radius 1 is 0.966 bits per heavy atom. The highest BCUT2D eigenvalue weighted by Crippen LogP contribution is 2.37. The van der Waals surface area contributed by atoms with Gasteiger partial charge in [0.1, 0.15) is 0 Å². The van der Waals surface area contributed by atoms with Crippen LogP contribution in [0.1, 0.15) is 13.8 Å². The van der Waals surface area contributed by atoms with E-state index in [-0.39, 0.29) is 17.1 Å². The van der Waals surface area contributed by atoms with E-state index >= 15 is 0 Å². The van der Waals surface area contributed by atoms with Gasteiger partial charge < -0.3 is 16.0 Å². The maximum absolute atomic E-state index is 12.6. The van der Waals surface area contributed by atoms with Crippen LogP contribution in [0.5, 0.6) is 0 Å². The second-order valence-corrected chi connectivity index (χ2v) is 8.06. The summed E-state index contributed by atoms with van der Waals surface area (Å²) in [5, 5.41) is 11.5. The number of carbonyl (C=O) groups is 2. The Hall–Kier alpha value is -3.32. The molecular weight excluding hydrogens is 384 g/mol. The monoisotopic (exact) mass is 404 g/mol. The summed E-state index contributed by atoms with van der Waals surface area (Å²) in [7, 11) is 0. The van der Waals surface area contributed by atoms with Crippen LogP contribution in [0.3, 0.4) is 0 Å². The molecule has 0 radical (unpaired) electrons. The van der Waals surface area contributed by atoms with E-state index in [2.05, 4.69) is 33.1 Å². The van der Waals surface area contributed by atoms with Gasteiger partial charge in [0.05, 0.1) is 16.6 Å². The normalized spacial score (nSPS) is 13.2. The molecule has 1 aliphatic rings. The first kappa shape index (κ1) is 19.0. The number of thioether (sulfide) groups is 1. The summed E-state index contributed by atoms with van der Waals surface area (Å²) >= 11 is 1.38. The largest absolute Gasteiger partial charge is 0.334 e. The summed E-state index contributed by atoms with van der Waals surface area (Å²) in [6, 6.07) is 19.1. The van der Waals surface area contributed by atoms with Gasteiger partial charge in [-0.15, -0.1) is 0 Å². The molecule has 146 valence electrons. The van der Waals surface area contributed by atoms with Crippen LogP contribution in [0.2, 0.25) is 0 Å². The van der Waals surface area contributed by atoms with Crippen LogP contribution in [0.25, 0.3) is 10.8 Å². The Labute approximate surface area is 172 Å². The van der Waals surface area contributed by atoms with Crippen molar-refractivity contribution in [1.82, 2.24) is 0 Å². The molecule has 3 aromatic rings. The molecule has 29 heavy (non-hydrogen) atoms. The van der Waals surface area contributed by atoms with E-state index < -0.39 is 0 Å². The quantitative estimate of drug-likeness (QED) is 0.573. The summed E-state index contributed by atoms with van der Waals surface area (Å²) in [6.07, 6.45) is 0. The number of amidine groups is 1. The number of benzene rings is 3. The van der Waals surface area contributed by atoms with Crippen LogP contribution in [0.15, 0.2) is 65.7 Å². The van der Waals surface area contributed by atoms with Crippen LogP contribution in [0, 0.1) is 0 Å². The average molecular weight is 404 g/mol. The Morgan fingerprint density at radius 3 is 2.31 bits per heavy atom. The molecule has 1 aliphatic heterocycles. The number of nitrogens with zero attached hydrogens (tertiary/aromatic N) is 1. The average Bonchev–Trinajstić information content (AvgIpc) is 2.69. The van der Waals surface area contributed by atoms with Gasteiger partial charge in [0, 0.05) is 23.7 Å². The lowest BCUT2D eigenvalue weighted by Crippen LogP contribution is -2.25. The molecule has 0 aliphatic carbocycles. The molecule has 0 spiro atoms. The van der Waals surface area contributed by atoms with E-state index in [1.165, 1.54) is 18.7 Å². The predicted molar refractivity (Wildman–Crippen MR) is 121 cm³/mol. The third kappa shape index (κ3) is 4.25. The van der Waals surface area contributed by atoms with Gasteiger partial charge in [0.2, 0.25) is 11.8 Å². The molecule has 0 aromatic heterocycles. The fourth-order valence-electron chi connectivity index (χ4n) is 3.13. The van der Waals surface area contributed by atoms with Crippen LogP contribution < -0.4 is 16.0 Å². The van der Waals surface area contributed by atoms with Crippen molar-refractivity contribution in [3.63, 3.8) is 0 Å². The first-order valence-electron chi connectivity index (χ1n) is 9.22. The van der Waals surface area contributed by atoms with Gasteiger partial charge in [-0.05, 0) is 48.7 Å². The highest BCUT2D eigenvalue weighted by Gasteiger charge is 2.20. The molecule has 1 atom stereocenters. The van der Waals surface area contributed by atoms with E-state index in [9.17, 15) is 9.59 Å². The van der Waals surface area contributed by atoms with Crippen molar-refractivity contribution >= 4 is 62.3 Å². The zero-order valence-corrected chi connectivity index (χ0v) is 16.8. The van der Waals surface area contributed by atoms with E-state index in [1.807, 2.05) is 31.2 Å². The van der Waals surface area contributed by atoms with E-state index in [4.69, 9.17) is 0 Å². The zero-order valence-electron chi connectivity index (χ0n) is 16.0. The number of nitrogens with one attached hydrogen (secondary N) is 3. The number of rotatable bonds is 4. The fraction of sp³-hybridized carbons (Fsp3) is 0.136. The Balaban J connectivity index is 1.43. The Bertz CT molecular complexity index is 1120. The van der Waals surface area contributed by atoms with Gasteiger partial charge in [-0.3, -0.25) is 9.59 Å². The maximum atomic E-state index is 12.6. The van der Waals surface area contributed by atoms with Crippen molar-refractivity contribution in [2.24, 2.45) is 4.99 Å². The van der Waals surface area contributed by atoms with Gasteiger partial charge in [0.25, 0.3) is 0 Å². The third-order valence-electron chi connectivity index (χ3n) is 4.48. The molecule has 3 aromatic carbocycles. The molecule has 0 unspecified atom stereocenters. The molecule has 0 saturated carbocycles. The topological polar surface area (TPSA) is 82.6 Å². The van der Waals surface area contributed by atoms with Gasteiger partial charge in [-0.2, -0.15) is 0 Å². The lowest BCUT2D eigenvalue weighted by molar-refractivity contribution is -0.115. The smallest absolute Gasteiger partial charge is 0.237 e. The van der Waals surface area contributed by atoms with Crippen LogP contribution in [-0.2, 0) is 9.59 Å². The fourth-order valence-corrected chi connectivity index (χ4v) is 3.95. The number of carbonyl (C=O) groups excluding carboxylic acids is 2. The van der Waals surface area contributed by atoms with E-state index in [0.717, 1.165) is 22.1 Å². The van der Waals surface area contributed by atoms with Crippen molar-refractivity contribution in [1.29, 1.82) is 0 Å². The summed E-state index contributed by atoms with van der Waals surface area (Å²) in [5.41, 5.74) is 3.26. The molecule has 2 amide bonds. The summed E-state index contributed by atoms with van der Waals surface area (Å²) in [4.78, 5) is 28.4. The maximum Gasteiger partial charge on any atom is 0.237 e. The summed E-state index contributed by atoms with van der Waals surface area (Å²) < 4.78 is 0. The lowest BCUT2D eigenvalue weighted by Gasteiger charge is -2.20. The third-order valence-corrected chi connectivity index (χ3v) is 5.46. The van der Waals surface area contributed by atoms with E-state index in [1.54, 1.807) is 24.3 Å². The highest BCUT2D eigenvalue weighted by atomic mass is 32.2. The summed E-state index contributed by atoms with van der Waals surface area (Å²) in [5.74, 6) is -0.256. The molecule has 0 bridgehead atoms. The molecule has 0 saturated heterocycles. The number of anilines is 3. The first-order chi connectivity index (χ1) is 14.0. The molecule has 7 heteroatoms. The number of hydrogen-bond donors (Lipinski definition) is 3. The first-order valence-corrected chi connectivity index (χ1v) is 10.1.